The molecule has 1 rings (SSSR count). The van der Waals surface area contributed by atoms with Crippen LogP contribution in [0, 0.1) is 0 Å². The molecule has 0 unspecified atom stereocenters. The van der Waals surface area contributed by atoms with Gasteiger partial charge in [-0.2, -0.15) is 0 Å². The fraction of sp³-hybridized carbons (Fsp3) is 0.250. The summed E-state index contributed by atoms with van der Waals surface area (Å²) in [5.41, 5.74) is 1.15. The van der Waals surface area contributed by atoms with E-state index in [-0.39, 0.29) is 36.1 Å². The van der Waals surface area contributed by atoms with Gasteiger partial charge in [-0.15, -0.1) is 0 Å². The van der Waals surface area contributed by atoms with E-state index in [1.807, 2.05) is 42.5 Å². The van der Waals surface area contributed by atoms with E-state index in [0.717, 1.165) is 12.0 Å². The number of nitrogens with one attached hydrogen (secondary N) is 1. The summed E-state index contributed by atoms with van der Waals surface area (Å²) in [7, 11) is 0. The van der Waals surface area contributed by atoms with Gasteiger partial charge >= 0.3 is 29.6 Å². The molecule has 0 saturated carbocycles. The van der Waals surface area contributed by atoms with Crippen LogP contribution in [0.25, 0.3) is 6.08 Å². The quantitative estimate of drug-likeness (QED) is 0.429. The normalized spacial score (nSPS) is 10.0. The third-order valence-electron chi connectivity index (χ3n) is 1.87. The molecule has 16 heavy (non-hydrogen) atoms. The molecule has 0 aliphatic heterocycles. The third-order valence-corrected chi connectivity index (χ3v) is 1.87. The zero-order valence-corrected chi connectivity index (χ0v) is 11.5. The van der Waals surface area contributed by atoms with Gasteiger partial charge in [0.15, 0.2) is 0 Å². The Balaban J connectivity index is 0.00000225. The summed E-state index contributed by atoms with van der Waals surface area (Å²) in [6.45, 7) is 0.566. The van der Waals surface area contributed by atoms with Gasteiger partial charge in [-0.1, -0.05) is 42.5 Å². The molecule has 1 aromatic carbocycles. The van der Waals surface area contributed by atoms with Crippen molar-refractivity contribution in [3.8, 4) is 0 Å². The van der Waals surface area contributed by atoms with Crippen LogP contribution < -0.4 is 40.0 Å². The third kappa shape index (κ3) is 7.65. The zero-order valence-electron chi connectivity index (χ0n) is 9.48. The molecule has 0 heterocycles. The summed E-state index contributed by atoms with van der Waals surface area (Å²) < 4.78 is 0. The van der Waals surface area contributed by atoms with Gasteiger partial charge in [0.05, 0.1) is 5.97 Å². The fourth-order valence-corrected chi connectivity index (χ4v) is 1.16. The number of carboxylic acids is 1. The minimum atomic E-state index is -1.07. The van der Waals surface area contributed by atoms with Crippen molar-refractivity contribution in [3.63, 3.8) is 0 Å². The van der Waals surface area contributed by atoms with E-state index >= 15 is 0 Å². The summed E-state index contributed by atoms with van der Waals surface area (Å²) >= 11 is 0. The van der Waals surface area contributed by atoms with Gasteiger partial charge in [0.1, 0.15) is 0 Å². The molecule has 0 aromatic heterocycles. The number of hydrogen-bond acceptors (Lipinski definition) is 3. The maximum absolute atomic E-state index is 10.1. The summed E-state index contributed by atoms with van der Waals surface area (Å²) in [6.07, 6.45) is 4.83. The Morgan fingerprint density at radius 2 is 2.00 bits per heavy atom. The molecular weight excluding hydrogens is 213 g/mol. The van der Waals surface area contributed by atoms with Crippen molar-refractivity contribution in [2.45, 2.75) is 6.42 Å². The molecule has 0 amide bonds. The number of carbonyl (C=O) groups excluding carboxylic acids is 1. The van der Waals surface area contributed by atoms with Crippen LogP contribution in [-0.4, -0.2) is 19.1 Å². The first-order chi connectivity index (χ1) is 7.29. The van der Waals surface area contributed by atoms with Gasteiger partial charge in [0.2, 0.25) is 0 Å². The molecule has 0 aliphatic rings. The van der Waals surface area contributed by atoms with E-state index in [2.05, 4.69) is 5.32 Å². The smallest absolute Gasteiger partial charge is 0.549 e. The average Bonchev–Trinajstić information content (AvgIpc) is 2.24. The predicted molar refractivity (Wildman–Crippen MR) is 58.0 cm³/mol. The summed E-state index contributed by atoms with van der Waals surface area (Å²) in [5.74, 6) is -1.07. The van der Waals surface area contributed by atoms with Crippen molar-refractivity contribution in [2.24, 2.45) is 0 Å². The molecule has 3 nitrogen and oxygen atoms in total. The van der Waals surface area contributed by atoms with Gasteiger partial charge in [-0.25, -0.2) is 0 Å². The van der Waals surface area contributed by atoms with Crippen molar-refractivity contribution in [3.05, 3.63) is 42.0 Å². The van der Waals surface area contributed by atoms with Crippen molar-refractivity contribution in [1.82, 2.24) is 5.32 Å². The molecule has 80 valence electrons. The molecule has 1 N–H and O–H groups in total. The van der Waals surface area contributed by atoms with Gasteiger partial charge < -0.3 is 15.2 Å². The Morgan fingerprint density at radius 3 is 2.62 bits per heavy atom. The molecule has 1 aromatic rings. The predicted octanol–water partition coefficient (Wildman–Crippen LogP) is -2.57. The van der Waals surface area contributed by atoms with Crippen LogP contribution in [0.15, 0.2) is 36.4 Å². The molecule has 0 radical (unpaired) electrons. The van der Waals surface area contributed by atoms with E-state index < -0.39 is 5.97 Å². The average molecular weight is 227 g/mol. The molecule has 0 atom stereocenters. The van der Waals surface area contributed by atoms with Crippen LogP contribution in [0.1, 0.15) is 12.0 Å². The molecular formula is C12H14NNaO2. The van der Waals surface area contributed by atoms with Crippen LogP contribution in [0.2, 0.25) is 0 Å². The van der Waals surface area contributed by atoms with Crippen molar-refractivity contribution in [2.75, 3.05) is 13.1 Å². The Kier molecular flexibility index (Phi) is 9.24. The van der Waals surface area contributed by atoms with Crippen molar-refractivity contribution in [1.29, 1.82) is 0 Å². The van der Waals surface area contributed by atoms with Crippen LogP contribution in [0.5, 0.6) is 0 Å². The Morgan fingerprint density at radius 1 is 1.31 bits per heavy atom. The maximum atomic E-state index is 10.1. The van der Waals surface area contributed by atoms with Gasteiger partial charge in [0.25, 0.3) is 0 Å². The number of hydrogen-bond donors (Lipinski definition) is 1. The van der Waals surface area contributed by atoms with Crippen LogP contribution in [0.3, 0.4) is 0 Å². The second-order valence-corrected chi connectivity index (χ2v) is 3.15. The Bertz CT molecular complexity index is 325. The van der Waals surface area contributed by atoms with Gasteiger partial charge in [0, 0.05) is 6.54 Å². The number of carboxylic acid groups (broad SMARTS) is 1. The summed E-state index contributed by atoms with van der Waals surface area (Å²) in [4.78, 5) is 10.1. The number of aliphatic carboxylic acids is 1. The topological polar surface area (TPSA) is 52.2 Å². The Labute approximate surface area is 118 Å². The summed E-state index contributed by atoms with van der Waals surface area (Å²) in [5, 5.41) is 12.8. The minimum absolute atomic E-state index is 0. The number of rotatable bonds is 6. The Hall–Kier alpha value is -0.610. The van der Waals surface area contributed by atoms with E-state index in [9.17, 15) is 9.90 Å². The molecule has 0 spiro atoms. The summed E-state index contributed by atoms with van der Waals surface area (Å²) in [6, 6.07) is 9.97. The molecule has 0 bridgehead atoms. The first-order valence-electron chi connectivity index (χ1n) is 4.91. The van der Waals surface area contributed by atoms with Crippen LogP contribution in [-0.2, 0) is 4.79 Å². The van der Waals surface area contributed by atoms with Crippen LogP contribution >= 0.6 is 0 Å². The second kappa shape index (κ2) is 9.60. The second-order valence-electron chi connectivity index (χ2n) is 3.15. The zero-order chi connectivity index (χ0) is 10.9. The number of carbonyl (C=O) groups is 1. The van der Waals surface area contributed by atoms with Crippen molar-refractivity contribution < 1.29 is 39.5 Å². The maximum Gasteiger partial charge on any atom is 1.00 e. The van der Waals surface area contributed by atoms with E-state index in [1.54, 1.807) is 0 Å². The molecule has 4 heteroatoms. The monoisotopic (exact) mass is 227 g/mol. The first-order valence-corrected chi connectivity index (χ1v) is 4.91. The van der Waals surface area contributed by atoms with Gasteiger partial charge in [-0.3, -0.25) is 0 Å². The molecule has 0 fully saturated rings. The standard InChI is InChI=1S/C12H15NO2.Na/c14-12(15)10-13-9-5-4-8-11-6-2-1-3-7-11;/h1-4,6-8,13H,5,9-10H2,(H,14,15);/q;+1/p-1. The molecule has 0 saturated heterocycles. The number of benzene rings is 1. The van der Waals surface area contributed by atoms with E-state index in [0.29, 0.717) is 6.54 Å². The largest absolute Gasteiger partial charge is 1.00 e. The fourth-order valence-electron chi connectivity index (χ4n) is 1.16. The van der Waals surface area contributed by atoms with Crippen LogP contribution in [0.4, 0.5) is 0 Å². The van der Waals surface area contributed by atoms with E-state index in [4.69, 9.17) is 0 Å². The van der Waals surface area contributed by atoms with E-state index in [1.165, 1.54) is 0 Å². The van der Waals surface area contributed by atoms with Crippen molar-refractivity contribution >= 4 is 12.0 Å². The minimum Gasteiger partial charge on any atom is -0.549 e. The SMILES string of the molecule is O=C([O-])CNCCC=Cc1ccccc1.[Na+]. The van der Waals surface area contributed by atoms with Gasteiger partial charge in [-0.05, 0) is 18.5 Å². The first kappa shape index (κ1) is 15.4. The molecule has 0 aliphatic carbocycles.